The van der Waals surface area contributed by atoms with Gasteiger partial charge in [0, 0.05) is 32.9 Å². The maximum Gasteiger partial charge on any atom is 0.274 e. The van der Waals surface area contributed by atoms with Crippen molar-refractivity contribution in [3.05, 3.63) is 53.3 Å². The predicted molar refractivity (Wildman–Crippen MR) is 85.7 cm³/mol. The van der Waals surface area contributed by atoms with E-state index in [1.54, 1.807) is 33.8 Å². The quantitative estimate of drug-likeness (QED) is 0.856. The van der Waals surface area contributed by atoms with E-state index in [2.05, 4.69) is 5.10 Å². The van der Waals surface area contributed by atoms with Crippen LogP contribution in [0.5, 0.6) is 0 Å². The molecule has 0 spiro atoms. The van der Waals surface area contributed by atoms with Crippen LogP contribution in [0.25, 0.3) is 0 Å². The zero-order chi connectivity index (χ0) is 16.4. The molecule has 0 atom stereocenters. The first-order valence-corrected chi connectivity index (χ1v) is 7.65. The molecule has 0 N–H and O–H groups in total. The third-order valence-electron chi connectivity index (χ3n) is 4.03. The van der Waals surface area contributed by atoms with Crippen molar-refractivity contribution in [3.8, 4) is 0 Å². The van der Waals surface area contributed by atoms with Crippen LogP contribution in [-0.2, 0) is 18.4 Å². The van der Waals surface area contributed by atoms with Gasteiger partial charge in [0.2, 0.25) is 5.91 Å². The minimum absolute atomic E-state index is 0.0268. The summed E-state index contributed by atoms with van der Waals surface area (Å²) in [5, 5.41) is 4.11. The summed E-state index contributed by atoms with van der Waals surface area (Å²) in [5.74, 6) is -0.213. The van der Waals surface area contributed by atoms with Crippen LogP contribution in [0.15, 0.2) is 36.5 Å². The van der Waals surface area contributed by atoms with Crippen LogP contribution in [0, 0.1) is 6.92 Å². The lowest BCUT2D eigenvalue weighted by atomic mass is 10.1. The second-order valence-electron chi connectivity index (χ2n) is 5.90. The van der Waals surface area contributed by atoms with Crippen molar-refractivity contribution in [1.29, 1.82) is 0 Å². The Morgan fingerprint density at radius 3 is 2.52 bits per heavy atom. The molecule has 0 unspecified atom stereocenters. The molecular formula is C17H20N4O2. The Bertz CT molecular complexity index is 720. The van der Waals surface area contributed by atoms with E-state index >= 15 is 0 Å². The molecule has 2 aromatic rings. The second kappa shape index (κ2) is 6.24. The Morgan fingerprint density at radius 2 is 1.91 bits per heavy atom. The number of aromatic nitrogens is 2. The molecule has 1 aliphatic rings. The van der Waals surface area contributed by atoms with E-state index in [9.17, 15) is 9.59 Å². The van der Waals surface area contributed by atoms with Gasteiger partial charge in [-0.25, -0.2) is 0 Å². The molecule has 2 heterocycles. The Labute approximate surface area is 135 Å². The number of piperazine rings is 1. The van der Waals surface area contributed by atoms with E-state index in [1.807, 2.05) is 31.2 Å². The van der Waals surface area contributed by atoms with Crippen LogP contribution in [0.4, 0.5) is 0 Å². The van der Waals surface area contributed by atoms with Crippen molar-refractivity contribution in [2.24, 2.45) is 7.05 Å². The Hall–Kier alpha value is -2.63. The minimum Gasteiger partial charge on any atom is -0.335 e. The highest BCUT2D eigenvalue weighted by molar-refractivity contribution is 5.95. The largest absolute Gasteiger partial charge is 0.335 e. The molecule has 1 aromatic carbocycles. The number of rotatable bonds is 3. The highest BCUT2D eigenvalue weighted by Crippen LogP contribution is 2.12. The molecule has 1 aromatic heterocycles. The van der Waals surface area contributed by atoms with Crippen molar-refractivity contribution in [2.75, 3.05) is 19.6 Å². The number of hydrogen-bond acceptors (Lipinski definition) is 3. The van der Waals surface area contributed by atoms with E-state index in [0.717, 1.165) is 5.56 Å². The molecule has 1 saturated heterocycles. The van der Waals surface area contributed by atoms with Gasteiger partial charge in [0.25, 0.3) is 5.91 Å². The number of carbonyl (C=O) groups excluding carboxylic acids is 2. The standard InChI is InChI=1S/C17H20N4O2/c1-13-3-5-14(6-4-13)11-20-9-10-21(12-16(20)22)17(23)15-7-8-19(2)18-15/h3-8H,9-12H2,1-2H3. The summed E-state index contributed by atoms with van der Waals surface area (Å²) in [6, 6.07) is 9.83. The smallest absolute Gasteiger partial charge is 0.274 e. The van der Waals surface area contributed by atoms with Crippen LogP contribution < -0.4 is 0 Å². The average Bonchev–Trinajstić information content (AvgIpc) is 2.97. The second-order valence-corrected chi connectivity index (χ2v) is 5.90. The van der Waals surface area contributed by atoms with Crippen LogP contribution in [0.3, 0.4) is 0 Å². The van der Waals surface area contributed by atoms with Crippen molar-refractivity contribution in [1.82, 2.24) is 19.6 Å². The first-order chi connectivity index (χ1) is 11.0. The number of benzene rings is 1. The summed E-state index contributed by atoms with van der Waals surface area (Å²) in [6.07, 6.45) is 1.72. The fourth-order valence-corrected chi connectivity index (χ4v) is 2.65. The maximum absolute atomic E-state index is 12.3. The predicted octanol–water partition coefficient (Wildman–Crippen LogP) is 1.21. The van der Waals surface area contributed by atoms with E-state index < -0.39 is 0 Å². The van der Waals surface area contributed by atoms with Crippen molar-refractivity contribution >= 4 is 11.8 Å². The molecule has 0 saturated carbocycles. The van der Waals surface area contributed by atoms with Gasteiger partial charge in [-0.3, -0.25) is 14.3 Å². The van der Waals surface area contributed by atoms with Crippen molar-refractivity contribution in [3.63, 3.8) is 0 Å². The number of amides is 2. The number of aryl methyl sites for hydroxylation is 2. The molecule has 1 fully saturated rings. The SMILES string of the molecule is Cc1ccc(CN2CCN(C(=O)c3ccn(C)n3)CC2=O)cc1. The summed E-state index contributed by atoms with van der Waals surface area (Å²) >= 11 is 0. The first kappa shape index (κ1) is 15.3. The van der Waals surface area contributed by atoms with Gasteiger partial charge >= 0.3 is 0 Å². The number of hydrogen-bond donors (Lipinski definition) is 0. The zero-order valence-corrected chi connectivity index (χ0v) is 13.4. The highest BCUT2D eigenvalue weighted by atomic mass is 16.2. The van der Waals surface area contributed by atoms with Crippen molar-refractivity contribution < 1.29 is 9.59 Å². The van der Waals surface area contributed by atoms with Gasteiger partial charge in [0.15, 0.2) is 0 Å². The van der Waals surface area contributed by atoms with Gasteiger partial charge in [-0.1, -0.05) is 29.8 Å². The van der Waals surface area contributed by atoms with E-state index in [0.29, 0.717) is 25.3 Å². The maximum atomic E-state index is 12.3. The Kier molecular flexibility index (Phi) is 4.14. The summed E-state index contributed by atoms with van der Waals surface area (Å²) in [6.45, 7) is 3.82. The van der Waals surface area contributed by atoms with Gasteiger partial charge in [0.05, 0.1) is 0 Å². The molecule has 1 aliphatic heterocycles. The van der Waals surface area contributed by atoms with Crippen molar-refractivity contribution in [2.45, 2.75) is 13.5 Å². The van der Waals surface area contributed by atoms with Crippen LogP contribution in [-0.4, -0.2) is 51.0 Å². The topological polar surface area (TPSA) is 58.4 Å². The van der Waals surface area contributed by atoms with Crippen LogP contribution in [0.1, 0.15) is 21.6 Å². The first-order valence-electron chi connectivity index (χ1n) is 7.65. The fraction of sp³-hybridized carbons (Fsp3) is 0.353. The number of carbonyl (C=O) groups is 2. The van der Waals surface area contributed by atoms with E-state index in [1.165, 1.54) is 5.56 Å². The average molecular weight is 312 g/mol. The van der Waals surface area contributed by atoms with Gasteiger partial charge in [-0.05, 0) is 18.6 Å². The monoisotopic (exact) mass is 312 g/mol. The van der Waals surface area contributed by atoms with Gasteiger partial charge < -0.3 is 9.80 Å². The fourth-order valence-electron chi connectivity index (χ4n) is 2.65. The lowest BCUT2D eigenvalue weighted by Crippen LogP contribution is -2.51. The Morgan fingerprint density at radius 1 is 1.17 bits per heavy atom. The van der Waals surface area contributed by atoms with Crippen LogP contribution in [0.2, 0.25) is 0 Å². The molecule has 120 valence electrons. The zero-order valence-electron chi connectivity index (χ0n) is 13.4. The summed E-state index contributed by atoms with van der Waals surface area (Å²) in [7, 11) is 1.77. The lowest BCUT2D eigenvalue weighted by Gasteiger charge is -2.34. The molecule has 0 aliphatic carbocycles. The van der Waals surface area contributed by atoms with Gasteiger partial charge in [0.1, 0.15) is 12.2 Å². The minimum atomic E-state index is -0.186. The van der Waals surface area contributed by atoms with Gasteiger partial charge in [-0.2, -0.15) is 5.10 Å². The summed E-state index contributed by atoms with van der Waals surface area (Å²) in [5.41, 5.74) is 2.69. The summed E-state index contributed by atoms with van der Waals surface area (Å²) in [4.78, 5) is 28.0. The molecule has 2 amide bonds. The third kappa shape index (κ3) is 3.41. The van der Waals surface area contributed by atoms with E-state index in [4.69, 9.17) is 0 Å². The molecule has 3 rings (SSSR count). The Balaban J connectivity index is 1.62. The normalized spacial score (nSPS) is 15.1. The molecule has 6 nitrogen and oxygen atoms in total. The molecule has 0 radical (unpaired) electrons. The van der Waals surface area contributed by atoms with Gasteiger partial charge in [-0.15, -0.1) is 0 Å². The molecule has 0 bridgehead atoms. The highest BCUT2D eigenvalue weighted by Gasteiger charge is 2.28. The van der Waals surface area contributed by atoms with Crippen LogP contribution >= 0.6 is 0 Å². The summed E-state index contributed by atoms with van der Waals surface area (Å²) < 4.78 is 1.59. The third-order valence-corrected chi connectivity index (χ3v) is 4.03. The molecule has 6 heteroatoms. The number of nitrogens with zero attached hydrogens (tertiary/aromatic N) is 4. The lowest BCUT2D eigenvalue weighted by molar-refractivity contribution is -0.135. The molecule has 23 heavy (non-hydrogen) atoms. The molecular weight excluding hydrogens is 292 g/mol. The van der Waals surface area contributed by atoms with E-state index in [-0.39, 0.29) is 18.4 Å².